The van der Waals surface area contributed by atoms with Crippen molar-refractivity contribution in [1.82, 2.24) is 9.97 Å². The number of hydrogen-bond acceptors (Lipinski definition) is 5. The van der Waals surface area contributed by atoms with Gasteiger partial charge in [-0.15, -0.1) is 0 Å². The molecule has 0 saturated heterocycles. The molecule has 0 atom stereocenters. The smallest absolute Gasteiger partial charge is 0.357 e. The van der Waals surface area contributed by atoms with Gasteiger partial charge >= 0.3 is 6.18 Å². The molecule has 3 N–H and O–H groups in total. The monoisotopic (exact) mass is 249 g/mol. The maximum absolute atomic E-state index is 12.6. The van der Waals surface area contributed by atoms with E-state index in [0.717, 1.165) is 6.07 Å². The highest BCUT2D eigenvalue weighted by atomic mass is 19.4. The van der Waals surface area contributed by atoms with Gasteiger partial charge in [-0.25, -0.2) is 10.8 Å². The molecule has 0 bridgehead atoms. The van der Waals surface area contributed by atoms with Crippen LogP contribution in [-0.2, 0) is 6.18 Å². The Kier molecular flexibility index (Phi) is 3.76. The second-order valence-corrected chi connectivity index (χ2v) is 3.78. The summed E-state index contributed by atoms with van der Waals surface area (Å²) in [5.74, 6) is 4.95. The maximum Gasteiger partial charge on any atom is 0.433 e. The number of nitrogens with two attached hydrogens (primary N) is 1. The van der Waals surface area contributed by atoms with E-state index in [4.69, 9.17) is 5.84 Å². The summed E-state index contributed by atoms with van der Waals surface area (Å²) < 4.78 is 37.7. The van der Waals surface area contributed by atoms with Gasteiger partial charge in [0.15, 0.2) is 5.69 Å². The number of hydrazine groups is 1. The van der Waals surface area contributed by atoms with E-state index >= 15 is 0 Å². The highest BCUT2D eigenvalue weighted by Gasteiger charge is 2.34. The first-order valence-corrected chi connectivity index (χ1v) is 4.91. The van der Waals surface area contributed by atoms with Crippen LogP contribution in [0.15, 0.2) is 6.07 Å². The Morgan fingerprint density at radius 1 is 1.35 bits per heavy atom. The van der Waals surface area contributed by atoms with E-state index in [9.17, 15) is 13.2 Å². The van der Waals surface area contributed by atoms with E-state index in [0.29, 0.717) is 0 Å². The second kappa shape index (κ2) is 4.74. The summed E-state index contributed by atoms with van der Waals surface area (Å²) in [4.78, 5) is 8.73. The van der Waals surface area contributed by atoms with Gasteiger partial charge in [0, 0.05) is 19.2 Å². The minimum absolute atomic E-state index is 0.0107. The van der Waals surface area contributed by atoms with Crippen LogP contribution in [0.4, 0.5) is 24.9 Å². The molecule has 8 heteroatoms. The summed E-state index contributed by atoms with van der Waals surface area (Å²) in [7, 11) is 1.65. The van der Waals surface area contributed by atoms with Crippen molar-refractivity contribution in [3.63, 3.8) is 0 Å². The van der Waals surface area contributed by atoms with Crippen LogP contribution in [0.2, 0.25) is 0 Å². The average Bonchev–Trinajstić information content (AvgIpc) is 2.26. The van der Waals surface area contributed by atoms with E-state index in [2.05, 4.69) is 9.97 Å². The zero-order chi connectivity index (χ0) is 13.2. The lowest BCUT2D eigenvalue weighted by Gasteiger charge is -2.23. The summed E-state index contributed by atoms with van der Waals surface area (Å²) >= 11 is 0. The average molecular weight is 249 g/mol. The predicted octanol–water partition coefficient (Wildman–Crippen LogP) is 1.63. The summed E-state index contributed by atoms with van der Waals surface area (Å²) in [6.45, 7) is 3.68. The van der Waals surface area contributed by atoms with Crippen LogP contribution in [0, 0.1) is 0 Å². The van der Waals surface area contributed by atoms with Crippen LogP contribution >= 0.6 is 0 Å². The van der Waals surface area contributed by atoms with Gasteiger partial charge in [0.1, 0.15) is 5.82 Å². The first-order valence-electron chi connectivity index (χ1n) is 4.91. The minimum atomic E-state index is -4.53. The van der Waals surface area contributed by atoms with Crippen LogP contribution in [0.1, 0.15) is 19.5 Å². The third kappa shape index (κ3) is 3.19. The predicted molar refractivity (Wildman–Crippen MR) is 58.4 cm³/mol. The zero-order valence-corrected chi connectivity index (χ0v) is 9.71. The Bertz CT molecular complexity index is 391. The number of nitrogens with one attached hydrogen (secondary N) is 1. The summed E-state index contributed by atoms with van der Waals surface area (Å²) in [5, 5.41) is 0. The molecule has 1 heterocycles. The fraction of sp³-hybridized carbons (Fsp3) is 0.556. The van der Waals surface area contributed by atoms with E-state index in [1.165, 1.54) is 0 Å². The fourth-order valence-electron chi connectivity index (χ4n) is 1.09. The lowest BCUT2D eigenvalue weighted by molar-refractivity contribution is -0.141. The van der Waals surface area contributed by atoms with Crippen LogP contribution in [-0.4, -0.2) is 23.1 Å². The van der Waals surface area contributed by atoms with E-state index < -0.39 is 11.9 Å². The first kappa shape index (κ1) is 13.5. The molecule has 5 nitrogen and oxygen atoms in total. The molecule has 1 rings (SSSR count). The van der Waals surface area contributed by atoms with Gasteiger partial charge in [-0.3, -0.25) is 5.43 Å². The highest BCUT2D eigenvalue weighted by molar-refractivity contribution is 5.45. The van der Waals surface area contributed by atoms with Gasteiger partial charge in [0.2, 0.25) is 5.95 Å². The van der Waals surface area contributed by atoms with Crippen LogP contribution in [0.3, 0.4) is 0 Å². The number of aromatic nitrogens is 2. The molecule has 0 aliphatic carbocycles. The maximum atomic E-state index is 12.6. The van der Waals surface area contributed by atoms with Crippen molar-refractivity contribution in [2.45, 2.75) is 26.1 Å². The number of nitrogen functional groups attached to an aromatic ring is 1. The van der Waals surface area contributed by atoms with Gasteiger partial charge in [0.05, 0.1) is 0 Å². The van der Waals surface area contributed by atoms with Gasteiger partial charge in [-0.1, -0.05) is 0 Å². The van der Waals surface area contributed by atoms with Crippen molar-refractivity contribution in [1.29, 1.82) is 0 Å². The lowest BCUT2D eigenvalue weighted by Crippen LogP contribution is -2.28. The van der Waals surface area contributed by atoms with E-state index in [1.54, 1.807) is 11.9 Å². The highest BCUT2D eigenvalue weighted by Crippen LogP contribution is 2.30. The number of halogens is 3. The standard InChI is InChI=1S/C9H14F3N5/c1-5(2)17(3)7-4-6(9(10,11)12)14-8(15-7)16-13/h4-5H,13H2,1-3H3,(H,14,15,16). The van der Waals surface area contributed by atoms with Gasteiger partial charge in [0.25, 0.3) is 0 Å². The van der Waals surface area contributed by atoms with Crippen LogP contribution < -0.4 is 16.2 Å². The summed E-state index contributed by atoms with van der Waals surface area (Å²) in [5.41, 5.74) is 1.000. The summed E-state index contributed by atoms with van der Waals surface area (Å²) in [6, 6.07) is 0.900. The molecular formula is C9H14F3N5. The third-order valence-corrected chi connectivity index (χ3v) is 2.27. The van der Waals surface area contributed by atoms with Crippen molar-refractivity contribution in [3.8, 4) is 0 Å². The second-order valence-electron chi connectivity index (χ2n) is 3.78. The number of alkyl halides is 3. The number of anilines is 2. The molecule has 96 valence electrons. The van der Waals surface area contributed by atoms with E-state index in [-0.39, 0.29) is 17.8 Å². The Morgan fingerprint density at radius 2 is 1.94 bits per heavy atom. The molecule has 0 aliphatic rings. The molecule has 0 saturated carbocycles. The quantitative estimate of drug-likeness (QED) is 0.629. The van der Waals surface area contributed by atoms with Crippen molar-refractivity contribution < 1.29 is 13.2 Å². The number of hydrogen-bond donors (Lipinski definition) is 2. The lowest BCUT2D eigenvalue weighted by atomic mass is 10.3. The van der Waals surface area contributed by atoms with Crippen molar-refractivity contribution in [2.75, 3.05) is 17.4 Å². The van der Waals surface area contributed by atoms with Gasteiger partial charge in [-0.2, -0.15) is 18.2 Å². The molecule has 0 unspecified atom stereocenters. The molecule has 0 aromatic carbocycles. The molecule has 17 heavy (non-hydrogen) atoms. The molecule has 1 aromatic rings. The topological polar surface area (TPSA) is 67.1 Å². The SMILES string of the molecule is CC(C)N(C)c1cc(C(F)(F)F)nc(NN)n1. The van der Waals surface area contributed by atoms with Crippen molar-refractivity contribution in [2.24, 2.45) is 5.84 Å². The molecule has 0 spiro atoms. The molecule has 0 radical (unpaired) electrons. The fourth-order valence-corrected chi connectivity index (χ4v) is 1.09. The minimum Gasteiger partial charge on any atom is -0.357 e. The number of rotatable bonds is 3. The Labute approximate surface area is 96.8 Å². The molecule has 1 aromatic heterocycles. The van der Waals surface area contributed by atoms with Crippen molar-refractivity contribution >= 4 is 11.8 Å². The summed E-state index contributed by atoms with van der Waals surface area (Å²) in [6.07, 6.45) is -4.53. The van der Waals surface area contributed by atoms with Crippen LogP contribution in [0.5, 0.6) is 0 Å². The van der Waals surface area contributed by atoms with Gasteiger partial charge < -0.3 is 4.90 Å². The Hall–Kier alpha value is -1.57. The molecular weight excluding hydrogens is 235 g/mol. The first-order chi connectivity index (χ1) is 7.75. The molecule has 0 aliphatic heterocycles. The normalized spacial score (nSPS) is 11.8. The Balaban J connectivity index is 3.23. The third-order valence-electron chi connectivity index (χ3n) is 2.27. The van der Waals surface area contributed by atoms with E-state index in [1.807, 2.05) is 19.3 Å². The van der Waals surface area contributed by atoms with Gasteiger partial charge in [-0.05, 0) is 13.8 Å². The molecule has 0 fully saturated rings. The Morgan fingerprint density at radius 3 is 2.35 bits per heavy atom. The van der Waals surface area contributed by atoms with Crippen LogP contribution in [0.25, 0.3) is 0 Å². The van der Waals surface area contributed by atoms with Crippen molar-refractivity contribution in [3.05, 3.63) is 11.8 Å². The zero-order valence-electron chi connectivity index (χ0n) is 9.71. The number of nitrogens with zero attached hydrogens (tertiary/aromatic N) is 3. The largest absolute Gasteiger partial charge is 0.433 e. The molecule has 0 amide bonds.